The van der Waals surface area contributed by atoms with Gasteiger partial charge in [-0.25, -0.2) is 0 Å². The smallest absolute Gasteiger partial charge is 0.389 e. The van der Waals surface area contributed by atoms with Crippen molar-refractivity contribution in [2.45, 2.75) is 57.5 Å². The minimum absolute atomic E-state index is 0.0160. The van der Waals surface area contributed by atoms with Crippen LogP contribution in [0.15, 0.2) is 48.5 Å². The van der Waals surface area contributed by atoms with Crippen LogP contribution in [0.5, 0.6) is 11.5 Å². The number of amides is 3. The minimum atomic E-state index is -4.43. The minimum Gasteiger partial charge on any atom is -0.457 e. The van der Waals surface area contributed by atoms with E-state index in [1.165, 1.54) is 9.80 Å². The molecule has 2 aliphatic heterocycles. The predicted molar refractivity (Wildman–Crippen MR) is 136 cm³/mol. The largest absolute Gasteiger partial charge is 0.457 e. The highest BCUT2D eigenvalue weighted by Gasteiger charge is 2.35. The van der Waals surface area contributed by atoms with Gasteiger partial charge in [0.15, 0.2) is 0 Å². The summed E-state index contributed by atoms with van der Waals surface area (Å²) in [5, 5.41) is 2.87. The molecule has 2 aromatic rings. The molecule has 0 saturated carbocycles. The number of nitrogens with zero attached hydrogens (tertiary/aromatic N) is 2. The number of hydrogen-bond donors (Lipinski definition) is 1. The maximum Gasteiger partial charge on any atom is 0.389 e. The monoisotopic (exact) mass is 547 g/mol. The summed E-state index contributed by atoms with van der Waals surface area (Å²) in [6.45, 7) is 2.32. The number of carbonyl (C=O) groups is 3. The second kappa shape index (κ2) is 12.5. The van der Waals surface area contributed by atoms with Crippen LogP contribution in [0.25, 0.3) is 0 Å². The third-order valence-corrected chi connectivity index (χ3v) is 6.79. The highest BCUT2D eigenvalue weighted by molar-refractivity contribution is 5.86. The van der Waals surface area contributed by atoms with Crippen LogP contribution >= 0.6 is 0 Å². The molecular formula is C28H32F3N3O5. The predicted octanol–water partition coefficient (Wildman–Crippen LogP) is 3.83. The van der Waals surface area contributed by atoms with Gasteiger partial charge in [-0.2, -0.15) is 13.2 Å². The topological polar surface area (TPSA) is 88.2 Å². The molecule has 1 fully saturated rings. The van der Waals surface area contributed by atoms with E-state index in [0.717, 1.165) is 11.1 Å². The molecule has 0 aromatic heterocycles. The van der Waals surface area contributed by atoms with Gasteiger partial charge in [0, 0.05) is 26.1 Å². The molecule has 2 aliphatic rings. The van der Waals surface area contributed by atoms with Crippen molar-refractivity contribution in [3.63, 3.8) is 0 Å². The van der Waals surface area contributed by atoms with E-state index in [0.29, 0.717) is 24.5 Å². The molecule has 2 heterocycles. The molecule has 0 radical (unpaired) electrons. The van der Waals surface area contributed by atoms with E-state index in [9.17, 15) is 27.6 Å². The summed E-state index contributed by atoms with van der Waals surface area (Å²) in [7, 11) is 0. The molecule has 8 nitrogen and oxygen atoms in total. The number of piperidine rings is 1. The Morgan fingerprint density at radius 1 is 1.08 bits per heavy atom. The van der Waals surface area contributed by atoms with Crippen molar-refractivity contribution in [1.29, 1.82) is 0 Å². The first-order chi connectivity index (χ1) is 18.6. The summed E-state index contributed by atoms with van der Waals surface area (Å²) in [4.78, 5) is 41.3. The first-order valence-electron chi connectivity index (χ1n) is 13.0. The van der Waals surface area contributed by atoms with Crippen molar-refractivity contribution < 1.29 is 37.0 Å². The maximum absolute atomic E-state index is 13.0. The van der Waals surface area contributed by atoms with Crippen LogP contribution in [0.1, 0.15) is 37.3 Å². The molecule has 3 amide bonds. The third kappa shape index (κ3) is 8.19. The Hall–Kier alpha value is -3.60. The molecule has 4 rings (SSSR count). The fraction of sp³-hybridized carbons (Fsp3) is 0.464. The molecule has 4 bridgehead atoms. The summed E-state index contributed by atoms with van der Waals surface area (Å²) in [6.07, 6.45) is -6.35. The van der Waals surface area contributed by atoms with Gasteiger partial charge in [0.2, 0.25) is 17.7 Å². The van der Waals surface area contributed by atoms with Crippen LogP contribution in [-0.2, 0) is 32.1 Å². The number of alkyl halides is 3. The molecule has 1 N–H and O–H groups in total. The van der Waals surface area contributed by atoms with Gasteiger partial charge < -0.3 is 24.6 Å². The number of likely N-dealkylation sites (N-methyl/N-ethyl adjacent to an activating group) is 1. The van der Waals surface area contributed by atoms with Gasteiger partial charge in [0.05, 0.1) is 38.1 Å². The first-order valence-corrected chi connectivity index (χ1v) is 13.0. The van der Waals surface area contributed by atoms with E-state index in [1.807, 2.05) is 30.3 Å². The zero-order valence-electron chi connectivity index (χ0n) is 21.7. The summed E-state index contributed by atoms with van der Waals surface area (Å²) < 4.78 is 50.1. The Labute approximate surface area is 225 Å². The number of rotatable bonds is 3. The van der Waals surface area contributed by atoms with Crippen LogP contribution in [-0.4, -0.2) is 72.0 Å². The number of likely N-dealkylation sites (tertiary alicyclic amines) is 1. The molecule has 0 spiro atoms. The highest BCUT2D eigenvalue weighted by atomic mass is 19.4. The summed E-state index contributed by atoms with van der Waals surface area (Å²) in [5.74, 6) is -0.131. The van der Waals surface area contributed by atoms with Crippen LogP contribution in [0.3, 0.4) is 0 Å². The number of hydrogen-bond acceptors (Lipinski definition) is 5. The Bertz CT molecular complexity index is 1190. The molecule has 39 heavy (non-hydrogen) atoms. The number of nitrogens with one attached hydrogen (secondary N) is 1. The van der Waals surface area contributed by atoms with Gasteiger partial charge in [-0.3, -0.25) is 14.4 Å². The normalized spacial score (nSPS) is 20.9. The van der Waals surface area contributed by atoms with Crippen LogP contribution in [0, 0.1) is 0 Å². The maximum atomic E-state index is 13.0. The lowest BCUT2D eigenvalue weighted by molar-refractivity contribution is -0.151. The molecule has 1 saturated heterocycles. The molecule has 2 atom stereocenters. The number of benzene rings is 2. The third-order valence-electron chi connectivity index (χ3n) is 6.79. The lowest BCUT2D eigenvalue weighted by Gasteiger charge is -2.39. The molecule has 0 aliphatic carbocycles. The molecule has 2 aromatic carbocycles. The zero-order chi connectivity index (χ0) is 28.0. The Balaban J connectivity index is 1.56. The Morgan fingerprint density at radius 2 is 1.77 bits per heavy atom. The molecule has 11 heteroatoms. The fourth-order valence-electron chi connectivity index (χ4n) is 4.75. The average molecular weight is 548 g/mol. The van der Waals surface area contributed by atoms with Crippen LogP contribution in [0.4, 0.5) is 13.2 Å². The van der Waals surface area contributed by atoms with Gasteiger partial charge in [-0.1, -0.05) is 24.3 Å². The van der Waals surface area contributed by atoms with E-state index >= 15 is 0 Å². The number of ether oxygens (including phenoxy) is 2. The average Bonchev–Trinajstić information content (AvgIpc) is 2.89. The van der Waals surface area contributed by atoms with Crippen molar-refractivity contribution in [3.8, 4) is 11.5 Å². The Kier molecular flexibility index (Phi) is 9.11. The van der Waals surface area contributed by atoms with E-state index < -0.39 is 43.0 Å². The van der Waals surface area contributed by atoms with E-state index in [2.05, 4.69) is 5.32 Å². The quantitative estimate of drug-likeness (QED) is 0.631. The van der Waals surface area contributed by atoms with Gasteiger partial charge in [0.25, 0.3) is 0 Å². The molecule has 0 unspecified atom stereocenters. The van der Waals surface area contributed by atoms with Crippen molar-refractivity contribution in [3.05, 3.63) is 59.7 Å². The fourth-order valence-corrected chi connectivity index (χ4v) is 4.75. The van der Waals surface area contributed by atoms with Gasteiger partial charge in [-0.05, 0) is 48.7 Å². The Morgan fingerprint density at radius 3 is 2.46 bits per heavy atom. The van der Waals surface area contributed by atoms with Crippen molar-refractivity contribution >= 4 is 17.7 Å². The van der Waals surface area contributed by atoms with Crippen LogP contribution in [0.2, 0.25) is 0 Å². The second-order valence-corrected chi connectivity index (χ2v) is 9.75. The number of fused-ring (bicyclic) bond motifs is 5. The first kappa shape index (κ1) is 28.4. The highest BCUT2D eigenvalue weighted by Crippen LogP contribution is 2.26. The second-order valence-electron chi connectivity index (χ2n) is 9.75. The van der Waals surface area contributed by atoms with E-state index in [-0.39, 0.29) is 38.6 Å². The summed E-state index contributed by atoms with van der Waals surface area (Å²) in [6, 6.07) is 13.9. The van der Waals surface area contributed by atoms with Gasteiger partial charge in [0.1, 0.15) is 11.5 Å². The zero-order valence-corrected chi connectivity index (χ0v) is 21.7. The summed E-state index contributed by atoms with van der Waals surface area (Å²) in [5.41, 5.74) is 1.56. The van der Waals surface area contributed by atoms with E-state index in [1.54, 1.807) is 25.1 Å². The van der Waals surface area contributed by atoms with E-state index in [4.69, 9.17) is 9.47 Å². The SMILES string of the molecule is CCN1CC(=O)N[C@H]2CN(C(=O)CCC(F)(F)F)CC[C@@H]2OCc2cccc(c2)Oc2cccc(c2)CC1=O. The van der Waals surface area contributed by atoms with Crippen molar-refractivity contribution in [2.24, 2.45) is 0 Å². The van der Waals surface area contributed by atoms with Gasteiger partial charge >= 0.3 is 6.18 Å². The van der Waals surface area contributed by atoms with Crippen molar-refractivity contribution in [2.75, 3.05) is 26.2 Å². The number of carbonyl (C=O) groups excluding carboxylic acids is 3. The van der Waals surface area contributed by atoms with Crippen molar-refractivity contribution in [1.82, 2.24) is 15.1 Å². The van der Waals surface area contributed by atoms with Crippen LogP contribution < -0.4 is 10.1 Å². The standard InChI is InChI=1S/C28H32F3N3O5/c1-2-33-17-25(35)32-23-16-34(26(36)9-11-28(29,30)31)12-10-24(23)38-18-20-6-4-8-22(14-20)39-21-7-3-5-19(13-21)15-27(33)37/h3-8,13-14,23-24H,2,9-12,15-18H2,1H3,(H,32,35)/t23-,24-/m0/s1. The molecule has 210 valence electrons. The number of halogens is 3. The molecular weight excluding hydrogens is 515 g/mol. The van der Waals surface area contributed by atoms with Gasteiger partial charge in [-0.15, -0.1) is 0 Å². The lowest BCUT2D eigenvalue weighted by Crippen LogP contribution is -2.58. The lowest BCUT2D eigenvalue weighted by atomic mass is 10.0. The summed E-state index contributed by atoms with van der Waals surface area (Å²) >= 11 is 0.